The summed E-state index contributed by atoms with van der Waals surface area (Å²) in [6.07, 6.45) is 3.13. The highest BCUT2D eigenvalue weighted by Gasteiger charge is 2.27. The summed E-state index contributed by atoms with van der Waals surface area (Å²) in [5.41, 5.74) is 0.741. The van der Waals surface area contributed by atoms with Crippen LogP contribution in [0.3, 0.4) is 0 Å². The van der Waals surface area contributed by atoms with Crippen LogP contribution in [0.2, 0.25) is 0 Å². The van der Waals surface area contributed by atoms with Crippen molar-refractivity contribution in [2.75, 3.05) is 64.4 Å². The number of ether oxygens (including phenoxy) is 3. The second kappa shape index (κ2) is 11.6. The number of carbonyl (C=O) groups excluding carboxylic acids is 2. The Hall–Kier alpha value is -2.48. The number of piperazine rings is 1. The minimum atomic E-state index is -0.434. The van der Waals surface area contributed by atoms with Gasteiger partial charge >= 0.3 is 12.1 Å². The molecule has 1 amide bonds. The molecule has 8 heteroatoms. The first-order valence-corrected chi connectivity index (χ1v) is 12.0. The Morgan fingerprint density at radius 2 is 1.61 bits per heavy atom. The van der Waals surface area contributed by atoms with Gasteiger partial charge in [0, 0.05) is 45.0 Å². The van der Waals surface area contributed by atoms with Crippen molar-refractivity contribution in [3.05, 3.63) is 24.3 Å². The molecule has 2 saturated heterocycles. The van der Waals surface area contributed by atoms with Gasteiger partial charge in [0.15, 0.2) is 6.61 Å². The molecule has 3 rings (SSSR count). The first-order chi connectivity index (χ1) is 15.7. The fraction of sp³-hybridized carbons (Fsp3) is 0.680. The van der Waals surface area contributed by atoms with E-state index >= 15 is 0 Å². The molecule has 2 heterocycles. The van der Waals surface area contributed by atoms with Gasteiger partial charge in [-0.25, -0.2) is 9.59 Å². The summed E-state index contributed by atoms with van der Waals surface area (Å²) in [7, 11) is 1.35. The zero-order valence-electron chi connectivity index (χ0n) is 20.5. The number of anilines is 1. The second-order valence-electron chi connectivity index (χ2n) is 9.89. The maximum Gasteiger partial charge on any atom is 0.410 e. The van der Waals surface area contributed by atoms with Gasteiger partial charge in [0.05, 0.1) is 7.11 Å². The molecule has 0 aromatic heterocycles. The number of carbonyl (C=O) groups is 2. The topological polar surface area (TPSA) is 71.6 Å². The predicted octanol–water partition coefficient (Wildman–Crippen LogP) is 3.40. The molecule has 0 aliphatic carbocycles. The molecule has 184 valence electrons. The van der Waals surface area contributed by atoms with E-state index in [4.69, 9.17) is 9.47 Å². The number of piperidine rings is 1. The van der Waals surface area contributed by atoms with Crippen LogP contribution in [0.25, 0.3) is 0 Å². The summed E-state index contributed by atoms with van der Waals surface area (Å²) in [4.78, 5) is 30.2. The van der Waals surface area contributed by atoms with Crippen LogP contribution in [0, 0.1) is 5.92 Å². The Morgan fingerprint density at radius 1 is 0.970 bits per heavy atom. The van der Waals surface area contributed by atoms with Gasteiger partial charge in [0.25, 0.3) is 0 Å². The van der Waals surface area contributed by atoms with Crippen LogP contribution in [0.15, 0.2) is 24.3 Å². The molecule has 2 aliphatic heterocycles. The maximum atomic E-state index is 12.2. The first kappa shape index (κ1) is 25.1. The van der Waals surface area contributed by atoms with Crippen LogP contribution in [0.4, 0.5) is 10.5 Å². The van der Waals surface area contributed by atoms with Crippen molar-refractivity contribution in [1.29, 1.82) is 0 Å². The molecule has 1 aromatic rings. The lowest BCUT2D eigenvalue weighted by molar-refractivity contribution is -0.142. The fourth-order valence-electron chi connectivity index (χ4n) is 4.28. The lowest BCUT2D eigenvalue weighted by atomic mass is 9.93. The Bertz CT molecular complexity index is 761. The third-order valence-corrected chi connectivity index (χ3v) is 6.28. The third kappa shape index (κ3) is 8.11. The van der Waals surface area contributed by atoms with Crippen molar-refractivity contribution in [3.8, 4) is 5.75 Å². The normalized spacial score (nSPS) is 18.2. The fourth-order valence-corrected chi connectivity index (χ4v) is 4.28. The van der Waals surface area contributed by atoms with E-state index in [0.717, 1.165) is 58.7 Å². The van der Waals surface area contributed by atoms with Gasteiger partial charge in [-0.15, -0.1) is 0 Å². The van der Waals surface area contributed by atoms with E-state index in [-0.39, 0.29) is 18.7 Å². The highest BCUT2D eigenvalue weighted by atomic mass is 16.6. The number of methoxy groups -OCH3 is 1. The van der Waals surface area contributed by atoms with Gasteiger partial charge in [0.2, 0.25) is 0 Å². The Labute approximate surface area is 197 Å². The lowest BCUT2D eigenvalue weighted by Crippen LogP contribution is -2.47. The van der Waals surface area contributed by atoms with Gasteiger partial charge in [-0.3, -0.25) is 4.90 Å². The molecule has 1 aromatic carbocycles. The molecule has 8 nitrogen and oxygen atoms in total. The zero-order valence-corrected chi connectivity index (χ0v) is 20.5. The van der Waals surface area contributed by atoms with Gasteiger partial charge in [0.1, 0.15) is 11.4 Å². The highest BCUT2D eigenvalue weighted by molar-refractivity contribution is 5.71. The molecule has 33 heavy (non-hydrogen) atoms. The van der Waals surface area contributed by atoms with Crippen molar-refractivity contribution in [2.24, 2.45) is 5.92 Å². The standard InChI is InChI=1S/C25H39N3O5/c1-25(2,3)33-24(30)28-13-10-20(11-14-28)9-12-26-15-17-27(18-16-26)21-5-7-22(8-6-21)32-19-23(29)31-4/h5-8,20H,9-19H2,1-4H3. The number of esters is 1. The minimum absolute atomic E-state index is 0.0749. The van der Waals surface area contributed by atoms with Gasteiger partial charge in [-0.2, -0.15) is 0 Å². The highest BCUT2D eigenvalue weighted by Crippen LogP contribution is 2.24. The minimum Gasteiger partial charge on any atom is -0.482 e. The van der Waals surface area contributed by atoms with Crippen molar-refractivity contribution in [2.45, 2.75) is 45.6 Å². The van der Waals surface area contributed by atoms with Gasteiger partial charge in [-0.05, 0) is 76.8 Å². The molecule has 0 spiro atoms. The van der Waals surface area contributed by atoms with Crippen LogP contribution >= 0.6 is 0 Å². The van der Waals surface area contributed by atoms with Crippen LogP contribution in [0.5, 0.6) is 5.75 Å². The van der Waals surface area contributed by atoms with E-state index in [2.05, 4.69) is 14.5 Å². The van der Waals surface area contributed by atoms with Gasteiger partial charge in [-0.1, -0.05) is 0 Å². The van der Waals surface area contributed by atoms with Crippen molar-refractivity contribution in [1.82, 2.24) is 9.80 Å². The van der Waals surface area contributed by atoms with E-state index in [1.54, 1.807) is 0 Å². The molecular weight excluding hydrogens is 422 g/mol. The van der Waals surface area contributed by atoms with E-state index in [1.165, 1.54) is 19.2 Å². The van der Waals surface area contributed by atoms with E-state index in [1.807, 2.05) is 49.9 Å². The number of amides is 1. The van der Waals surface area contributed by atoms with Crippen LogP contribution in [0.1, 0.15) is 40.0 Å². The van der Waals surface area contributed by atoms with Crippen molar-refractivity contribution in [3.63, 3.8) is 0 Å². The lowest BCUT2D eigenvalue weighted by Gasteiger charge is -2.38. The molecule has 2 aliphatic rings. The summed E-state index contributed by atoms with van der Waals surface area (Å²) in [6, 6.07) is 7.88. The Morgan fingerprint density at radius 3 is 2.18 bits per heavy atom. The molecule has 0 bridgehead atoms. The number of likely N-dealkylation sites (tertiary alicyclic amines) is 1. The molecule has 0 saturated carbocycles. The first-order valence-electron chi connectivity index (χ1n) is 12.0. The largest absolute Gasteiger partial charge is 0.482 e. The Balaban J connectivity index is 1.33. The molecule has 0 radical (unpaired) electrons. The molecule has 0 N–H and O–H groups in total. The molecule has 0 atom stereocenters. The molecule has 2 fully saturated rings. The smallest absolute Gasteiger partial charge is 0.410 e. The van der Waals surface area contributed by atoms with E-state index < -0.39 is 5.60 Å². The average molecular weight is 462 g/mol. The number of benzene rings is 1. The zero-order chi connectivity index (χ0) is 23.8. The van der Waals surface area contributed by atoms with E-state index in [0.29, 0.717) is 11.7 Å². The number of nitrogens with zero attached hydrogens (tertiary/aromatic N) is 3. The van der Waals surface area contributed by atoms with Crippen LogP contribution in [-0.4, -0.2) is 87.0 Å². The third-order valence-electron chi connectivity index (χ3n) is 6.28. The van der Waals surface area contributed by atoms with Crippen molar-refractivity contribution < 1.29 is 23.8 Å². The number of hydrogen-bond donors (Lipinski definition) is 0. The number of rotatable bonds is 7. The Kier molecular flexibility index (Phi) is 8.83. The average Bonchev–Trinajstić information content (AvgIpc) is 2.81. The number of hydrogen-bond acceptors (Lipinski definition) is 7. The second-order valence-corrected chi connectivity index (χ2v) is 9.89. The summed E-state index contributed by atoms with van der Waals surface area (Å²) in [5, 5.41) is 0. The van der Waals surface area contributed by atoms with Crippen LogP contribution < -0.4 is 9.64 Å². The predicted molar refractivity (Wildman–Crippen MR) is 128 cm³/mol. The quantitative estimate of drug-likeness (QED) is 0.577. The monoisotopic (exact) mass is 461 g/mol. The summed E-state index contributed by atoms with van der Waals surface area (Å²) in [6.45, 7) is 12.5. The summed E-state index contributed by atoms with van der Waals surface area (Å²) < 4.78 is 15.5. The molecular formula is C25H39N3O5. The van der Waals surface area contributed by atoms with Crippen molar-refractivity contribution >= 4 is 17.7 Å². The van der Waals surface area contributed by atoms with E-state index in [9.17, 15) is 9.59 Å². The molecule has 0 unspecified atom stereocenters. The summed E-state index contributed by atoms with van der Waals surface area (Å²) in [5.74, 6) is 0.962. The van der Waals surface area contributed by atoms with Crippen LogP contribution in [-0.2, 0) is 14.3 Å². The van der Waals surface area contributed by atoms with Gasteiger partial charge < -0.3 is 24.0 Å². The maximum absolute atomic E-state index is 12.2. The summed E-state index contributed by atoms with van der Waals surface area (Å²) >= 11 is 0. The SMILES string of the molecule is COC(=O)COc1ccc(N2CCN(CCC3CCN(C(=O)OC(C)(C)C)CC3)CC2)cc1.